The molecule has 0 unspecified atom stereocenters. The number of aromatic nitrogens is 1. The van der Waals surface area contributed by atoms with Gasteiger partial charge >= 0.3 is 5.97 Å². The Morgan fingerprint density at radius 1 is 0.897 bits per heavy atom. The number of hydrogen-bond donors (Lipinski definition) is 2. The van der Waals surface area contributed by atoms with E-state index >= 15 is 0 Å². The first-order valence-electron chi connectivity index (χ1n) is 13.4. The van der Waals surface area contributed by atoms with Gasteiger partial charge in [0.05, 0.1) is 5.56 Å². The molecule has 1 amide bonds. The number of benzene rings is 3. The number of nitrogens with zero attached hydrogens (tertiary/aromatic N) is 1. The van der Waals surface area contributed by atoms with Crippen molar-refractivity contribution in [1.29, 1.82) is 0 Å². The molecule has 2 aliphatic rings. The number of para-hydroxylation sites is 1. The Morgan fingerprint density at radius 2 is 1.62 bits per heavy atom. The molecule has 0 spiro atoms. The van der Waals surface area contributed by atoms with Crippen LogP contribution in [0.25, 0.3) is 27.7 Å². The molecule has 2 N–H and O–H groups in total. The van der Waals surface area contributed by atoms with Crippen LogP contribution in [0.3, 0.4) is 0 Å². The maximum Gasteiger partial charge on any atom is 0.335 e. The summed E-state index contributed by atoms with van der Waals surface area (Å²) in [7, 11) is 0. The van der Waals surface area contributed by atoms with E-state index in [-0.39, 0.29) is 22.3 Å². The third-order valence-corrected chi connectivity index (χ3v) is 8.52. The Kier molecular flexibility index (Phi) is 5.83. The van der Waals surface area contributed by atoms with Crippen molar-refractivity contribution in [3.05, 3.63) is 113 Å². The van der Waals surface area contributed by atoms with E-state index in [0.29, 0.717) is 18.7 Å². The summed E-state index contributed by atoms with van der Waals surface area (Å²) < 4.78 is 0. The summed E-state index contributed by atoms with van der Waals surface area (Å²) in [6.07, 6.45) is 5.33. The quantitative estimate of drug-likeness (QED) is 0.277. The molecule has 0 saturated carbocycles. The number of nitrogens with one attached hydrogen (secondary N) is 1. The zero-order valence-corrected chi connectivity index (χ0v) is 22.5. The van der Waals surface area contributed by atoms with Gasteiger partial charge in [0.1, 0.15) is 0 Å². The first kappa shape index (κ1) is 24.9. The minimum Gasteiger partial charge on any atom is -0.478 e. The maximum atomic E-state index is 14.0. The van der Waals surface area contributed by atoms with Gasteiger partial charge in [-0.1, -0.05) is 87.0 Å². The summed E-state index contributed by atoms with van der Waals surface area (Å²) in [5.74, 6) is -0.880. The fourth-order valence-corrected chi connectivity index (χ4v) is 6.65. The first-order valence-corrected chi connectivity index (χ1v) is 13.4. The number of H-pyrrole nitrogens is 1. The van der Waals surface area contributed by atoms with Crippen LogP contribution < -0.4 is 0 Å². The molecule has 39 heavy (non-hydrogen) atoms. The van der Waals surface area contributed by atoms with Crippen LogP contribution in [0.2, 0.25) is 0 Å². The SMILES string of the molecule is CC1(C)C(c2ccc(C(=O)O)cc2)=CC[C@]2(C)CN(C(=O)c3ccccc3-c3cc4ccccc4[nH]3)CC=C12. The molecule has 4 aromatic rings. The van der Waals surface area contributed by atoms with Crippen LogP contribution in [0.1, 0.15) is 53.5 Å². The number of carbonyl (C=O) groups excluding carboxylic acids is 1. The zero-order valence-electron chi connectivity index (χ0n) is 22.5. The van der Waals surface area contributed by atoms with Gasteiger partial charge < -0.3 is 15.0 Å². The Morgan fingerprint density at radius 3 is 2.36 bits per heavy atom. The van der Waals surface area contributed by atoms with Gasteiger partial charge in [0.15, 0.2) is 0 Å². The number of amides is 1. The second-order valence-electron chi connectivity index (χ2n) is 11.5. The molecule has 0 bridgehead atoms. The van der Waals surface area contributed by atoms with Gasteiger partial charge in [-0.25, -0.2) is 4.79 Å². The Hall–Kier alpha value is -4.38. The van der Waals surface area contributed by atoms with Crippen LogP contribution >= 0.6 is 0 Å². The lowest BCUT2D eigenvalue weighted by molar-refractivity contribution is 0.0679. The predicted molar refractivity (Wildman–Crippen MR) is 156 cm³/mol. The van der Waals surface area contributed by atoms with Gasteiger partial charge in [0.2, 0.25) is 0 Å². The molecule has 2 heterocycles. The van der Waals surface area contributed by atoms with Gasteiger partial charge in [0, 0.05) is 51.6 Å². The van der Waals surface area contributed by atoms with E-state index in [9.17, 15) is 14.7 Å². The van der Waals surface area contributed by atoms with Crippen molar-refractivity contribution in [3.63, 3.8) is 0 Å². The molecule has 1 atom stereocenters. The van der Waals surface area contributed by atoms with Gasteiger partial charge in [0.25, 0.3) is 5.91 Å². The Bertz CT molecular complexity index is 1640. The van der Waals surface area contributed by atoms with Gasteiger partial charge in [-0.15, -0.1) is 0 Å². The number of fused-ring (bicyclic) bond motifs is 2. The summed E-state index contributed by atoms with van der Waals surface area (Å²) in [6.45, 7) is 7.92. The molecule has 3 aromatic carbocycles. The van der Waals surface area contributed by atoms with Crippen molar-refractivity contribution >= 4 is 28.4 Å². The lowest BCUT2D eigenvalue weighted by Crippen LogP contribution is -2.48. The van der Waals surface area contributed by atoms with E-state index in [2.05, 4.69) is 50.0 Å². The van der Waals surface area contributed by atoms with E-state index in [1.165, 1.54) is 11.1 Å². The van der Waals surface area contributed by atoms with Crippen molar-refractivity contribution in [2.75, 3.05) is 13.1 Å². The lowest BCUT2D eigenvalue weighted by Gasteiger charge is -2.50. The standard InChI is InChI=1S/C34H32N2O3/c1-33(2)27(22-12-14-23(15-13-22)32(38)39)16-18-34(3)21-36(19-17-30(33)34)31(37)26-10-6-5-9-25(26)29-20-24-8-4-7-11-28(24)35-29/h4-17,20,35H,18-19,21H2,1-3H3,(H,38,39)/t34-/m1/s1. The van der Waals surface area contributed by atoms with Crippen LogP contribution in [-0.2, 0) is 0 Å². The van der Waals surface area contributed by atoms with Gasteiger partial charge in [-0.2, -0.15) is 0 Å². The van der Waals surface area contributed by atoms with E-state index in [0.717, 1.165) is 34.1 Å². The molecule has 6 rings (SSSR count). The van der Waals surface area contributed by atoms with E-state index in [1.54, 1.807) is 12.1 Å². The maximum absolute atomic E-state index is 14.0. The van der Waals surface area contributed by atoms with Crippen LogP contribution in [0, 0.1) is 10.8 Å². The minimum atomic E-state index is -0.920. The minimum absolute atomic E-state index is 0.0395. The van der Waals surface area contributed by atoms with E-state index in [1.807, 2.05) is 59.5 Å². The highest BCUT2D eigenvalue weighted by atomic mass is 16.4. The number of carbonyl (C=O) groups is 2. The van der Waals surface area contributed by atoms with Crippen LogP contribution in [0.15, 0.2) is 96.6 Å². The zero-order chi connectivity index (χ0) is 27.4. The van der Waals surface area contributed by atoms with Crippen LogP contribution in [0.4, 0.5) is 0 Å². The number of aromatic amines is 1. The smallest absolute Gasteiger partial charge is 0.335 e. The third-order valence-electron chi connectivity index (χ3n) is 8.52. The number of allylic oxidation sites excluding steroid dienone is 2. The Balaban J connectivity index is 1.30. The molecule has 0 saturated heterocycles. The first-order chi connectivity index (χ1) is 18.7. The number of aromatic carboxylic acids is 1. The van der Waals surface area contributed by atoms with Gasteiger partial charge in [-0.3, -0.25) is 4.79 Å². The average molecular weight is 517 g/mol. The summed E-state index contributed by atoms with van der Waals surface area (Å²) in [5.41, 5.74) is 7.05. The van der Waals surface area contributed by atoms with Crippen molar-refractivity contribution in [1.82, 2.24) is 9.88 Å². The number of hydrogen-bond acceptors (Lipinski definition) is 2. The van der Waals surface area contributed by atoms with Crippen molar-refractivity contribution in [3.8, 4) is 11.3 Å². The molecule has 1 aromatic heterocycles. The molecule has 1 aliphatic heterocycles. The largest absolute Gasteiger partial charge is 0.478 e. The highest BCUT2D eigenvalue weighted by molar-refractivity contribution is 6.02. The van der Waals surface area contributed by atoms with Crippen molar-refractivity contribution in [2.24, 2.45) is 10.8 Å². The highest BCUT2D eigenvalue weighted by Crippen LogP contribution is 2.55. The fraction of sp³-hybridized carbons (Fsp3) is 0.235. The summed E-state index contributed by atoms with van der Waals surface area (Å²) >= 11 is 0. The highest BCUT2D eigenvalue weighted by Gasteiger charge is 2.46. The molecular formula is C34H32N2O3. The molecule has 196 valence electrons. The summed E-state index contributed by atoms with van der Waals surface area (Å²) in [5, 5.41) is 10.4. The second-order valence-corrected chi connectivity index (χ2v) is 11.5. The molecule has 0 radical (unpaired) electrons. The molecule has 5 nitrogen and oxygen atoms in total. The fourth-order valence-electron chi connectivity index (χ4n) is 6.65. The monoisotopic (exact) mass is 516 g/mol. The summed E-state index contributed by atoms with van der Waals surface area (Å²) in [6, 6.07) is 25.3. The number of carboxylic acids is 1. The lowest BCUT2D eigenvalue weighted by atomic mass is 9.58. The molecule has 0 fully saturated rings. The van der Waals surface area contributed by atoms with Crippen molar-refractivity contribution in [2.45, 2.75) is 27.2 Å². The number of carboxylic acid groups (broad SMARTS) is 1. The normalized spacial score (nSPS) is 20.2. The topological polar surface area (TPSA) is 73.4 Å². The molecule has 5 heteroatoms. The number of rotatable bonds is 4. The molecule has 1 aliphatic carbocycles. The van der Waals surface area contributed by atoms with Gasteiger partial charge in [-0.05, 0) is 47.9 Å². The average Bonchev–Trinajstić information content (AvgIpc) is 3.36. The Labute approximate surface area is 228 Å². The second kappa shape index (κ2) is 9.12. The van der Waals surface area contributed by atoms with Crippen molar-refractivity contribution < 1.29 is 14.7 Å². The molecular weight excluding hydrogens is 484 g/mol. The van der Waals surface area contributed by atoms with E-state index in [4.69, 9.17) is 0 Å². The van der Waals surface area contributed by atoms with E-state index < -0.39 is 5.97 Å². The van der Waals surface area contributed by atoms with Crippen LogP contribution in [0.5, 0.6) is 0 Å². The van der Waals surface area contributed by atoms with Crippen LogP contribution in [-0.4, -0.2) is 40.0 Å². The summed E-state index contributed by atoms with van der Waals surface area (Å²) in [4.78, 5) is 30.8. The third kappa shape index (κ3) is 4.19. The predicted octanol–water partition coefficient (Wildman–Crippen LogP) is 7.44.